The molecule has 1 saturated heterocycles. The molecule has 0 radical (unpaired) electrons. The molecular weight excluding hydrogens is 290 g/mol. The first-order valence-electron chi connectivity index (χ1n) is 8.47. The number of fused-ring (bicyclic) bond motifs is 1. The summed E-state index contributed by atoms with van der Waals surface area (Å²) in [6.07, 6.45) is 4.45. The van der Waals surface area contributed by atoms with Crippen molar-refractivity contribution in [2.75, 3.05) is 33.5 Å². The van der Waals surface area contributed by atoms with E-state index in [0.29, 0.717) is 24.7 Å². The third kappa shape index (κ3) is 4.14. The van der Waals surface area contributed by atoms with E-state index in [2.05, 4.69) is 23.6 Å². The van der Waals surface area contributed by atoms with Crippen LogP contribution in [0.3, 0.4) is 0 Å². The van der Waals surface area contributed by atoms with Gasteiger partial charge in [-0.3, -0.25) is 4.90 Å². The molecule has 1 saturated carbocycles. The lowest BCUT2D eigenvalue weighted by atomic mass is 10.1. The van der Waals surface area contributed by atoms with Crippen molar-refractivity contribution in [2.24, 2.45) is 5.92 Å². The summed E-state index contributed by atoms with van der Waals surface area (Å²) in [6, 6.07) is 8.90. The van der Waals surface area contributed by atoms with Crippen molar-refractivity contribution in [1.29, 1.82) is 0 Å². The zero-order valence-electron chi connectivity index (χ0n) is 13.9. The third-order valence-corrected chi connectivity index (χ3v) is 4.88. The lowest BCUT2D eigenvalue weighted by Gasteiger charge is -2.37. The van der Waals surface area contributed by atoms with E-state index < -0.39 is 0 Å². The number of nitrogens with zero attached hydrogens (tertiary/aromatic N) is 1. The maximum Gasteiger partial charge on any atom is 0.118 e. The topological polar surface area (TPSA) is 30.9 Å². The predicted octanol–water partition coefficient (Wildman–Crippen LogP) is 2.88. The van der Waals surface area contributed by atoms with Crippen molar-refractivity contribution in [3.63, 3.8) is 0 Å². The molecular formula is C19H27NO3. The minimum absolute atomic E-state index is 0.360. The molecule has 2 aliphatic rings. The Morgan fingerprint density at radius 2 is 2.13 bits per heavy atom. The molecule has 1 aromatic rings. The van der Waals surface area contributed by atoms with Crippen molar-refractivity contribution in [3.05, 3.63) is 42.5 Å². The molecule has 0 N–H and O–H groups in total. The van der Waals surface area contributed by atoms with E-state index in [4.69, 9.17) is 14.2 Å². The second kappa shape index (κ2) is 7.95. The van der Waals surface area contributed by atoms with Crippen LogP contribution in [0.1, 0.15) is 18.4 Å². The van der Waals surface area contributed by atoms with Crippen molar-refractivity contribution in [3.8, 4) is 5.75 Å². The number of morpholine rings is 1. The van der Waals surface area contributed by atoms with Gasteiger partial charge in [0, 0.05) is 25.7 Å². The van der Waals surface area contributed by atoms with Crippen LogP contribution in [0, 0.1) is 5.92 Å². The Balaban J connectivity index is 1.57. The maximum atomic E-state index is 6.01. The Morgan fingerprint density at radius 1 is 1.30 bits per heavy atom. The number of rotatable bonds is 7. The molecule has 0 bridgehead atoms. The van der Waals surface area contributed by atoms with Crippen LogP contribution >= 0.6 is 0 Å². The molecule has 3 rings (SSSR count). The molecule has 4 nitrogen and oxygen atoms in total. The minimum Gasteiger partial charge on any atom is -0.497 e. The van der Waals surface area contributed by atoms with Crippen LogP contribution in [0.4, 0.5) is 0 Å². The molecule has 1 heterocycles. The first-order chi connectivity index (χ1) is 11.3. The first-order valence-corrected chi connectivity index (χ1v) is 8.47. The Bertz CT molecular complexity index is 502. The van der Waals surface area contributed by atoms with Gasteiger partial charge in [-0.15, -0.1) is 6.58 Å². The van der Waals surface area contributed by atoms with E-state index >= 15 is 0 Å². The Morgan fingerprint density at radius 3 is 2.87 bits per heavy atom. The van der Waals surface area contributed by atoms with Gasteiger partial charge in [-0.25, -0.2) is 0 Å². The molecule has 23 heavy (non-hydrogen) atoms. The molecule has 0 aromatic heterocycles. The second-order valence-electron chi connectivity index (χ2n) is 6.46. The van der Waals surface area contributed by atoms with Crippen LogP contribution in [-0.2, 0) is 16.0 Å². The molecule has 4 heteroatoms. The van der Waals surface area contributed by atoms with Crippen LogP contribution in [0.15, 0.2) is 36.9 Å². The summed E-state index contributed by atoms with van der Waals surface area (Å²) >= 11 is 0. The van der Waals surface area contributed by atoms with Gasteiger partial charge in [0.15, 0.2) is 0 Å². The van der Waals surface area contributed by atoms with Gasteiger partial charge >= 0.3 is 0 Å². The second-order valence-corrected chi connectivity index (χ2v) is 6.46. The van der Waals surface area contributed by atoms with Crippen molar-refractivity contribution >= 4 is 0 Å². The zero-order chi connectivity index (χ0) is 16.1. The number of hydrogen-bond acceptors (Lipinski definition) is 4. The van der Waals surface area contributed by atoms with Gasteiger partial charge in [-0.05, 0) is 36.5 Å². The van der Waals surface area contributed by atoms with Gasteiger partial charge in [0.05, 0.1) is 26.4 Å². The summed E-state index contributed by atoms with van der Waals surface area (Å²) in [7, 11) is 1.70. The molecule has 3 atom stereocenters. The van der Waals surface area contributed by atoms with Crippen molar-refractivity contribution < 1.29 is 14.2 Å². The summed E-state index contributed by atoms with van der Waals surface area (Å²) in [5.41, 5.74) is 1.33. The Hall–Kier alpha value is -1.36. The number of hydrogen-bond donors (Lipinski definition) is 0. The van der Waals surface area contributed by atoms with Gasteiger partial charge in [-0.2, -0.15) is 0 Å². The summed E-state index contributed by atoms with van der Waals surface area (Å²) < 4.78 is 16.9. The highest BCUT2D eigenvalue weighted by Crippen LogP contribution is 2.35. The minimum atomic E-state index is 0.360. The molecule has 0 spiro atoms. The SMILES string of the molecule is C=CCOCC1C[C@@H]2[C@@H](C1)OCCN2Cc1ccc(OC)cc1. The number of methoxy groups -OCH3 is 1. The van der Waals surface area contributed by atoms with E-state index in [0.717, 1.165) is 44.9 Å². The molecule has 1 aromatic carbocycles. The average Bonchev–Trinajstić information content (AvgIpc) is 3.00. The van der Waals surface area contributed by atoms with E-state index in [-0.39, 0.29) is 0 Å². The normalized spacial score (nSPS) is 27.6. The molecule has 2 fully saturated rings. The fourth-order valence-corrected chi connectivity index (χ4v) is 3.74. The van der Waals surface area contributed by atoms with Gasteiger partial charge < -0.3 is 14.2 Å². The van der Waals surface area contributed by atoms with Crippen LogP contribution in [0.25, 0.3) is 0 Å². The van der Waals surface area contributed by atoms with Gasteiger partial charge in [0.1, 0.15) is 5.75 Å². The largest absolute Gasteiger partial charge is 0.497 e. The van der Waals surface area contributed by atoms with E-state index in [1.54, 1.807) is 7.11 Å². The molecule has 1 unspecified atom stereocenters. The Kier molecular flexibility index (Phi) is 5.70. The molecule has 0 amide bonds. The monoisotopic (exact) mass is 317 g/mol. The zero-order valence-corrected chi connectivity index (χ0v) is 13.9. The van der Waals surface area contributed by atoms with Crippen LogP contribution in [0.2, 0.25) is 0 Å². The molecule has 126 valence electrons. The summed E-state index contributed by atoms with van der Waals surface area (Å²) in [4.78, 5) is 2.57. The predicted molar refractivity (Wildman–Crippen MR) is 90.7 cm³/mol. The summed E-state index contributed by atoms with van der Waals surface area (Å²) in [5, 5.41) is 0. The van der Waals surface area contributed by atoms with Gasteiger partial charge in [-0.1, -0.05) is 18.2 Å². The van der Waals surface area contributed by atoms with Gasteiger partial charge in [0.2, 0.25) is 0 Å². The van der Waals surface area contributed by atoms with Gasteiger partial charge in [0.25, 0.3) is 0 Å². The lowest BCUT2D eigenvalue weighted by Crippen LogP contribution is -2.47. The Labute approximate surface area is 139 Å². The van der Waals surface area contributed by atoms with Crippen LogP contribution in [0.5, 0.6) is 5.75 Å². The number of benzene rings is 1. The quantitative estimate of drug-likeness (QED) is 0.571. The van der Waals surface area contributed by atoms with E-state index in [1.807, 2.05) is 18.2 Å². The average molecular weight is 317 g/mol. The first kappa shape index (κ1) is 16.5. The maximum absolute atomic E-state index is 6.01. The fourth-order valence-electron chi connectivity index (χ4n) is 3.74. The smallest absolute Gasteiger partial charge is 0.118 e. The van der Waals surface area contributed by atoms with Crippen LogP contribution in [-0.4, -0.2) is 50.5 Å². The molecule has 1 aliphatic carbocycles. The summed E-state index contributed by atoms with van der Waals surface area (Å²) in [6.45, 7) is 7.98. The lowest BCUT2D eigenvalue weighted by molar-refractivity contribution is -0.0591. The van der Waals surface area contributed by atoms with Crippen molar-refractivity contribution in [2.45, 2.75) is 31.5 Å². The van der Waals surface area contributed by atoms with E-state index in [9.17, 15) is 0 Å². The third-order valence-electron chi connectivity index (χ3n) is 4.88. The highest BCUT2D eigenvalue weighted by atomic mass is 16.5. The van der Waals surface area contributed by atoms with Crippen LogP contribution < -0.4 is 4.74 Å². The van der Waals surface area contributed by atoms with E-state index in [1.165, 1.54) is 5.56 Å². The highest BCUT2D eigenvalue weighted by Gasteiger charge is 2.40. The molecule has 1 aliphatic heterocycles. The van der Waals surface area contributed by atoms with Crippen molar-refractivity contribution in [1.82, 2.24) is 4.90 Å². The fraction of sp³-hybridized carbons (Fsp3) is 0.579. The summed E-state index contributed by atoms with van der Waals surface area (Å²) in [5.74, 6) is 1.51. The number of ether oxygens (including phenoxy) is 3. The highest BCUT2D eigenvalue weighted by molar-refractivity contribution is 5.27. The standard InChI is InChI=1S/C19H27NO3/c1-3-9-22-14-16-11-18-19(12-16)23-10-8-20(18)13-15-4-6-17(21-2)7-5-15/h3-7,16,18-19H,1,8-14H2,2H3/t16?,18-,19-/m1/s1.